The van der Waals surface area contributed by atoms with Crippen molar-refractivity contribution < 1.29 is 14.3 Å². The van der Waals surface area contributed by atoms with E-state index in [1.165, 1.54) is 0 Å². The minimum absolute atomic E-state index is 0.134. The molecule has 3 aromatic carbocycles. The Labute approximate surface area is 235 Å². The number of amides is 2. The minimum Gasteiger partial charge on any atom is -0.484 e. The summed E-state index contributed by atoms with van der Waals surface area (Å²) in [6, 6.07) is 20.2. The fourth-order valence-corrected chi connectivity index (χ4v) is 5.25. The second-order valence-corrected chi connectivity index (χ2v) is 10.8. The third kappa shape index (κ3) is 7.30. The van der Waals surface area contributed by atoms with E-state index in [1.54, 1.807) is 11.0 Å². The van der Waals surface area contributed by atoms with Gasteiger partial charge in [0.05, 0.1) is 0 Å². The smallest absolute Gasteiger partial charge is 0.261 e. The third-order valence-electron chi connectivity index (χ3n) is 7.04. The van der Waals surface area contributed by atoms with Gasteiger partial charge in [0.1, 0.15) is 11.8 Å². The molecule has 1 N–H and O–H groups in total. The third-order valence-corrected chi connectivity index (χ3v) is 8.01. The lowest BCUT2D eigenvalue weighted by Crippen LogP contribution is -2.53. The molecule has 200 valence electrons. The maximum Gasteiger partial charge on any atom is 0.261 e. The lowest BCUT2D eigenvalue weighted by Gasteiger charge is -2.32. The van der Waals surface area contributed by atoms with Crippen molar-refractivity contribution in [3.63, 3.8) is 0 Å². The predicted octanol–water partition coefficient (Wildman–Crippen LogP) is 6.69. The molecule has 0 radical (unpaired) electrons. The van der Waals surface area contributed by atoms with Crippen LogP contribution in [0.5, 0.6) is 5.75 Å². The molecule has 0 heterocycles. The van der Waals surface area contributed by atoms with Crippen LogP contribution in [0.4, 0.5) is 0 Å². The number of rotatable bonds is 10. The van der Waals surface area contributed by atoms with Crippen molar-refractivity contribution in [3.05, 3.63) is 99.0 Å². The number of carbonyl (C=O) groups is 2. The topological polar surface area (TPSA) is 58.6 Å². The molecule has 1 aliphatic rings. The Morgan fingerprint density at radius 1 is 0.974 bits per heavy atom. The van der Waals surface area contributed by atoms with Gasteiger partial charge in [-0.3, -0.25) is 9.59 Å². The predicted molar refractivity (Wildman–Crippen MR) is 153 cm³/mol. The van der Waals surface area contributed by atoms with Crippen LogP contribution in [0.3, 0.4) is 0 Å². The van der Waals surface area contributed by atoms with Gasteiger partial charge in [0, 0.05) is 29.1 Å². The number of halogens is 2. The Balaban J connectivity index is 1.63. The highest BCUT2D eigenvalue weighted by Crippen LogP contribution is 2.27. The summed E-state index contributed by atoms with van der Waals surface area (Å²) in [4.78, 5) is 29.1. The molecule has 0 spiro atoms. The molecule has 0 unspecified atom stereocenters. The summed E-state index contributed by atoms with van der Waals surface area (Å²) in [7, 11) is 0. The van der Waals surface area contributed by atoms with Gasteiger partial charge in [0.15, 0.2) is 6.61 Å². The average molecular weight is 554 g/mol. The highest BCUT2D eigenvalue weighted by atomic mass is 35.5. The molecule has 0 aliphatic heterocycles. The highest BCUT2D eigenvalue weighted by molar-refractivity contribution is 6.32. The first-order valence-corrected chi connectivity index (χ1v) is 13.8. The number of aryl methyl sites for hydroxylation is 2. The van der Waals surface area contributed by atoms with E-state index in [9.17, 15) is 9.59 Å². The van der Waals surface area contributed by atoms with Gasteiger partial charge >= 0.3 is 0 Å². The molecule has 1 atom stereocenters. The molecule has 3 aromatic rings. The van der Waals surface area contributed by atoms with Crippen LogP contribution in [0.25, 0.3) is 0 Å². The van der Waals surface area contributed by atoms with Gasteiger partial charge < -0.3 is 15.0 Å². The van der Waals surface area contributed by atoms with Gasteiger partial charge in [-0.15, -0.1) is 0 Å². The molecule has 38 heavy (non-hydrogen) atoms. The average Bonchev–Trinajstić information content (AvgIpc) is 3.42. The first-order chi connectivity index (χ1) is 18.3. The summed E-state index contributed by atoms with van der Waals surface area (Å²) in [6.45, 7) is 3.77. The van der Waals surface area contributed by atoms with Gasteiger partial charge in [-0.1, -0.05) is 84.6 Å². The van der Waals surface area contributed by atoms with E-state index in [1.807, 2.05) is 74.5 Å². The molecule has 1 saturated carbocycles. The summed E-state index contributed by atoms with van der Waals surface area (Å²) in [5.74, 6) is 0.113. The lowest BCUT2D eigenvalue weighted by molar-refractivity contribution is -0.143. The van der Waals surface area contributed by atoms with E-state index in [0.717, 1.165) is 47.9 Å². The Hall–Kier alpha value is -3.02. The van der Waals surface area contributed by atoms with Gasteiger partial charge in [0.2, 0.25) is 5.91 Å². The zero-order valence-electron chi connectivity index (χ0n) is 21.9. The summed E-state index contributed by atoms with van der Waals surface area (Å²) in [5, 5.41) is 4.43. The molecule has 1 fully saturated rings. The van der Waals surface area contributed by atoms with Crippen LogP contribution in [0.1, 0.15) is 47.9 Å². The van der Waals surface area contributed by atoms with E-state index in [2.05, 4.69) is 5.32 Å². The van der Waals surface area contributed by atoms with Gasteiger partial charge in [-0.25, -0.2) is 0 Å². The van der Waals surface area contributed by atoms with Crippen molar-refractivity contribution in [3.8, 4) is 5.75 Å². The molecule has 0 aromatic heterocycles. The minimum atomic E-state index is -0.723. The number of ether oxygens (including phenoxy) is 1. The van der Waals surface area contributed by atoms with Crippen molar-refractivity contribution in [2.75, 3.05) is 6.61 Å². The Bertz CT molecular complexity index is 1240. The van der Waals surface area contributed by atoms with E-state index in [-0.39, 0.29) is 31.0 Å². The number of nitrogens with zero attached hydrogens (tertiary/aromatic N) is 1. The Morgan fingerprint density at radius 2 is 1.61 bits per heavy atom. The van der Waals surface area contributed by atoms with Crippen molar-refractivity contribution in [1.29, 1.82) is 0 Å². The Morgan fingerprint density at radius 3 is 2.26 bits per heavy atom. The van der Waals surface area contributed by atoms with Crippen LogP contribution in [0, 0.1) is 13.8 Å². The standard InChI is InChI=1S/C31H34Cl2N2O3/c1-21-16-26(17-22(2)30(21)33)38-20-29(36)35(19-24-12-6-9-15-27(24)32)28(18-23-10-4-3-5-11-23)31(37)34-25-13-7-8-14-25/h3-6,9-12,15-17,25,28H,7-8,13-14,18-20H2,1-2H3,(H,34,37)/t28-/m1/s1. The van der Waals surface area contributed by atoms with Crippen LogP contribution in [-0.4, -0.2) is 35.4 Å². The number of hydrogen-bond donors (Lipinski definition) is 1. The van der Waals surface area contributed by atoms with Gasteiger partial charge in [0.25, 0.3) is 5.91 Å². The lowest BCUT2D eigenvalue weighted by atomic mass is 10.0. The van der Waals surface area contributed by atoms with Crippen LogP contribution < -0.4 is 10.1 Å². The van der Waals surface area contributed by atoms with Gasteiger partial charge in [-0.2, -0.15) is 0 Å². The summed E-state index contributed by atoms with van der Waals surface area (Å²) >= 11 is 12.8. The maximum atomic E-state index is 13.8. The Kier molecular flexibility index (Phi) is 9.70. The fourth-order valence-electron chi connectivity index (χ4n) is 4.95. The van der Waals surface area contributed by atoms with Crippen molar-refractivity contribution >= 4 is 35.0 Å². The van der Waals surface area contributed by atoms with Crippen LogP contribution in [0.2, 0.25) is 10.0 Å². The molecular formula is C31H34Cl2N2O3. The quantitative estimate of drug-likeness (QED) is 0.305. The highest BCUT2D eigenvalue weighted by Gasteiger charge is 2.32. The molecule has 0 bridgehead atoms. The first-order valence-electron chi connectivity index (χ1n) is 13.1. The molecule has 5 nitrogen and oxygen atoms in total. The normalized spacial score (nSPS) is 14.2. The number of nitrogens with one attached hydrogen (secondary N) is 1. The van der Waals surface area contributed by atoms with E-state index >= 15 is 0 Å². The van der Waals surface area contributed by atoms with Crippen LogP contribution in [-0.2, 0) is 22.6 Å². The SMILES string of the molecule is Cc1cc(OCC(=O)N(Cc2ccccc2Cl)[C@H](Cc2ccccc2)C(=O)NC2CCCC2)cc(C)c1Cl. The fraction of sp³-hybridized carbons (Fsp3) is 0.355. The zero-order chi connectivity index (χ0) is 27.1. The second-order valence-electron chi connectivity index (χ2n) is 9.97. The molecule has 1 aliphatic carbocycles. The monoisotopic (exact) mass is 552 g/mol. The van der Waals surface area contributed by atoms with Crippen molar-refractivity contribution in [2.24, 2.45) is 0 Å². The van der Waals surface area contributed by atoms with Crippen molar-refractivity contribution in [2.45, 2.75) is 64.6 Å². The molecule has 2 amide bonds. The zero-order valence-corrected chi connectivity index (χ0v) is 23.4. The van der Waals surface area contributed by atoms with E-state index in [4.69, 9.17) is 27.9 Å². The first kappa shape index (κ1) is 28.0. The van der Waals surface area contributed by atoms with Gasteiger partial charge in [-0.05, 0) is 67.1 Å². The molecular weight excluding hydrogens is 519 g/mol. The summed E-state index contributed by atoms with van der Waals surface area (Å²) in [5.41, 5.74) is 3.49. The number of benzene rings is 3. The number of hydrogen-bond acceptors (Lipinski definition) is 3. The molecule has 4 rings (SSSR count). The molecule has 0 saturated heterocycles. The summed E-state index contributed by atoms with van der Waals surface area (Å²) < 4.78 is 5.93. The largest absolute Gasteiger partial charge is 0.484 e. The maximum absolute atomic E-state index is 13.8. The van der Waals surface area contributed by atoms with Crippen molar-refractivity contribution in [1.82, 2.24) is 10.2 Å². The van der Waals surface area contributed by atoms with E-state index in [0.29, 0.717) is 22.2 Å². The van der Waals surface area contributed by atoms with Crippen LogP contribution >= 0.6 is 23.2 Å². The number of carbonyl (C=O) groups excluding carboxylic acids is 2. The second kappa shape index (κ2) is 13.2. The van der Waals surface area contributed by atoms with Crippen LogP contribution in [0.15, 0.2) is 66.7 Å². The van der Waals surface area contributed by atoms with E-state index < -0.39 is 6.04 Å². The summed E-state index contributed by atoms with van der Waals surface area (Å²) in [6.07, 6.45) is 4.50. The molecule has 7 heteroatoms.